The Morgan fingerprint density at radius 1 is 1.23 bits per heavy atom. The molecule has 0 atom stereocenters. The number of fused-ring (bicyclic) bond motifs is 2. The highest BCUT2D eigenvalue weighted by Gasteiger charge is 2.30. The largest absolute Gasteiger partial charge is 0.297 e. The number of benzene rings is 1. The molecule has 1 aliphatic rings. The van der Waals surface area contributed by atoms with Gasteiger partial charge in [0.15, 0.2) is 4.96 Å². The van der Waals surface area contributed by atoms with Crippen molar-refractivity contribution in [2.24, 2.45) is 7.05 Å². The number of hydrogen-bond acceptors (Lipinski definition) is 4. The summed E-state index contributed by atoms with van der Waals surface area (Å²) in [4.78, 5) is 6.56. The van der Waals surface area contributed by atoms with Crippen molar-refractivity contribution in [1.29, 1.82) is 5.26 Å². The summed E-state index contributed by atoms with van der Waals surface area (Å²) in [5.41, 5.74) is 2.09. The van der Waals surface area contributed by atoms with Crippen molar-refractivity contribution in [3.8, 4) is 16.4 Å². The minimum Gasteiger partial charge on any atom is -0.297 e. The van der Waals surface area contributed by atoms with Crippen LogP contribution in [0.15, 0.2) is 30.7 Å². The standard InChI is InChI=1S/C21H20BF2N5S/c1-21(23,24)16-8-14(7-15-9-28(2)27-19(15)16)18-11-29-10-17(26-20(29)30-18)13-3-5-22(12-25)6-4-13/h7-11,13H,3-6H2,1-2H3. The van der Waals surface area contributed by atoms with Crippen molar-refractivity contribution < 1.29 is 8.78 Å². The van der Waals surface area contributed by atoms with E-state index in [0.29, 0.717) is 16.8 Å². The Bertz CT molecular complexity index is 1250. The Labute approximate surface area is 177 Å². The first kappa shape index (κ1) is 19.3. The van der Waals surface area contributed by atoms with Gasteiger partial charge in [0.1, 0.15) is 5.52 Å². The number of nitrogens with zero attached hydrogens (tertiary/aromatic N) is 5. The van der Waals surface area contributed by atoms with Gasteiger partial charge in [-0.1, -0.05) is 36.8 Å². The zero-order valence-corrected chi connectivity index (χ0v) is 17.6. The number of alkyl halides is 2. The number of nitriles is 1. The number of hydrogen-bond donors (Lipinski definition) is 0. The smallest absolute Gasteiger partial charge is 0.272 e. The third kappa shape index (κ3) is 3.29. The fraction of sp³-hybridized carbons (Fsp3) is 0.381. The molecule has 0 radical (unpaired) electrons. The van der Waals surface area contributed by atoms with Crippen LogP contribution in [0.2, 0.25) is 12.6 Å². The molecule has 1 fully saturated rings. The maximum atomic E-state index is 14.3. The predicted octanol–water partition coefficient (Wildman–Crippen LogP) is 5.50. The summed E-state index contributed by atoms with van der Waals surface area (Å²) < 4.78 is 32.1. The van der Waals surface area contributed by atoms with E-state index < -0.39 is 5.92 Å². The van der Waals surface area contributed by atoms with Crippen LogP contribution >= 0.6 is 11.3 Å². The monoisotopic (exact) mass is 423 g/mol. The SMILES string of the molecule is Cn1cc2cc(-c3cn4cc(C5CCB(C#N)CC5)nc4s3)cc(C(C)(F)F)c2n1. The van der Waals surface area contributed by atoms with E-state index in [0.717, 1.165) is 53.5 Å². The highest BCUT2D eigenvalue weighted by Crippen LogP contribution is 2.39. The van der Waals surface area contributed by atoms with Crippen molar-refractivity contribution in [3.63, 3.8) is 0 Å². The topological polar surface area (TPSA) is 58.9 Å². The molecule has 5 rings (SSSR count). The number of thiazole rings is 1. The van der Waals surface area contributed by atoms with Crippen LogP contribution in [0.5, 0.6) is 0 Å². The summed E-state index contributed by atoms with van der Waals surface area (Å²) in [6.07, 6.45) is 9.61. The van der Waals surface area contributed by atoms with Gasteiger partial charge >= 0.3 is 0 Å². The number of aromatic nitrogens is 4. The second kappa shape index (κ2) is 6.91. The number of aryl methyl sites for hydroxylation is 1. The molecule has 0 amide bonds. The van der Waals surface area contributed by atoms with Gasteiger partial charge in [-0.2, -0.15) is 5.10 Å². The molecule has 0 N–H and O–H groups in total. The fourth-order valence-electron chi connectivity index (χ4n) is 4.39. The Morgan fingerprint density at radius 2 is 2.00 bits per heavy atom. The van der Waals surface area contributed by atoms with Gasteiger partial charge in [0, 0.05) is 55.4 Å². The van der Waals surface area contributed by atoms with Gasteiger partial charge in [0.05, 0.1) is 10.6 Å². The minimum atomic E-state index is -2.98. The van der Waals surface area contributed by atoms with Crippen LogP contribution in [-0.4, -0.2) is 25.9 Å². The zero-order valence-electron chi connectivity index (χ0n) is 16.8. The van der Waals surface area contributed by atoms with Crippen LogP contribution < -0.4 is 0 Å². The van der Waals surface area contributed by atoms with E-state index in [1.165, 1.54) is 11.3 Å². The molecule has 4 aromatic rings. The van der Waals surface area contributed by atoms with Crippen molar-refractivity contribution in [2.45, 2.75) is 44.2 Å². The Morgan fingerprint density at radius 3 is 2.67 bits per heavy atom. The van der Waals surface area contributed by atoms with Gasteiger partial charge in [0.25, 0.3) is 12.6 Å². The second-order valence-corrected chi connectivity index (χ2v) is 9.29. The summed E-state index contributed by atoms with van der Waals surface area (Å²) >= 11 is 1.50. The molecule has 1 saturated heterocycles. The predicted molar refractivity (Wildman–Crippen MR) is 115 cm³/mol. The van der Waals surface area contributed by atoms with E-state index in [2.05, 4.69) is 11.1 Å². The lowest BCUT2D eigenvalue weighted by Crippen LogP contribution is -2.18. The number of rotatable bonds is 3. The number of halogens is 2. The lowest BCUT2D eigenvalue weighted by atomic mass is 9.41. The van der Waals surface area contributed by atoms with Gasteiger partial charge in [-0.15, -0.1) is 0 Å². The van der Waals surface area contributed by atoms with E-state index in [1.54, 1.807) is 24.0 Å². The molecular formula is C21H20BF2N5S. The molecule has 0 unspecified atom stereocenters. The van der Waals surface area contributed by atoms with E-state index in [9.17, 15) is 8.78 Å². The maximum absolute atomic E-state index is 14.3. The van der Waals surface area contributed by atoms with E-state index in [4.69, 9.17) is 10.2 Å². The molecule has 1 aliphatic heterocycles. The molecule has 0 aliphatic carbocycles. The van der Waals surface area contributed by atoms with Crippen LogP contribution in [0.25, 0.3) is 26.3 Å². The average Bonchev–Trinajstić information content (AvgIpc) is 3.38. The molecule has 4 heterocycles. The van der Waals surface area contributed by atoms with E-state index >= 15 is 0 Å². The van der Waals surface area contributed by atoms with Crippen molar-refractivity contribution in [2.75, 3.05) is 0 Å². The van der Waals surface area contributed by atoms with Gasteiger partial charge in [-0.05, 0) is 17.7 Å². The van der Waals surface area contributed by atoms with Crippen molar-refractivity contribution >= 4 is 33.9 Å². The summed E-state index contributed by atoms with van der Waals surface area (Å²) in [5, 5.41) is 14.0. The lowest BCUT2D eigenvalue weighted by Gasteiger charge is -2.21. The minimum absolute atomic E-state index is 0.0587. The van der Waals surface area contributed by atoms with Crippen LogP contribution in [0.4, 0.5) is 8.78 Å². The van der Waals surface area contributed by atoms with Crippen LogP contribution in [0.1, 0.15) is 36.9 Å². The normalized spacial score (nSPS) is 15.9. The quantitative estimate of drug-likeness (QED) is 0.409. The summed E-state index contributed by atoms with van der Waals surface area (Å²) in [6, 6.07) is 3.46. The van der Waals surface area contributed by atoms with Gasteiger partial charge in [-0.3, -0.25) is 9.08 Å². The average molecular weight is 423 g/mol. The van der Waals surface area contributed by atoms with E-state index in [-0.39, 0.29) is 12.3 Å². The van der Waals surface area contributed by atoms with Crippen molar-refractivity contribution in [1.82, 2.24) is 19.2 Å². The highest BCUT2D eigenvalue weighted by molar-refractivity contribution is 7.20. The zero-order chi connectivity index (χ0) is 21.0. The molecule has 9 heteroatoms. The highest BCUT2D eigenvalue weighted by atomic mass is 32.1. The molecular weight excluding hydrogens is 403 g/mol. The molecule has 152 valence electrons. The summed E-state index contributed by atoms with van der Waals surface area (Å²) in [5.74, 6) is -0.216. The van der Waals surface area contributed by atoms with Gasteiger partial charge in [-0.25, -0.2) is 19.0 Å². The fourth-order valence-corrected chi connectivity index (χ4v) is 5.35. The Balaban J connectivity index is 1.50. The molecule has 0 bridgehead atoms. The third-order valence-electron chi connectivity index (χ3n) is 5.98. The Hall–Kier alpha value is -2.73. The van der Waals surface area contributed by atoms with E-state index in [1.807, 2.05) is 22.9 Å². The maximum Gasteiger partial charge on any atom is 0.272 e. The van der Waals surface area contributed by atoms with Crippen LogP contribution in [-0.2, 0) is 13.0 Å². The molecule has 1 aromatic carbocycles. The summed E-state index contributed by atoms with van der Waals surface area (Å²) in [7, 11) is 1.74. The molecule has 0 saturated carbocycles. The van der Waals surface area contributed by atoms with Crippen molar-refractivity contribution in [3.05, 3.63) is 42.0 Å². The first-order valence-electron chi connectivity index (χ1n) is 10.1. The van der Waals surface area contributed by atoms with Crippen LogP contribution in [0, 0.1) is 11.2 Å². The molecule has 30 heavy (non-hydrogen) atoms. The van der Waals surface area contributed by atoms with Crippen LogP contribution in [0.3, 0.4) is 0 Å². The first-order chi connectivity index (χ1) is 14.3. The lowest BCUT2D eigenvalue weighted by molar-refractivity contribution is 0.0189. The van der Waals surface area contributed by atoms with Gasteiger partial charge < -0.3 is 0 Å². The molecule has 0 spiro atoms. The van der Waals surface area contributed by atoms with Gasteiger partial charge in [0.2, 0.25) is 0 Å². The Kier molecular flexibility index (Phi) is 4.44. The molecule has 5 nitrogen and oxygen atoms in total. The molecule has 3 aromatic heterocycles. The summed E-state index contributed by atoms with van der Waals surface area (Å²) in [6.45, 7) is 1.08. The first-order valence-corrected chi connectivity index (χ1v) is 10.9. The number of imidazole rings is 1. The third-order valence-corrected chi connectivity index (χ3v) is 7.03. The second-order valence-electron chi connectivity index (χ2n) is 8.28.